The number of aryl methyl sites for hydroxylation is 1. The number of aromatic nitrogens is 2. The molecule has 8 nitrogen and oxygen atoms in total. The minimum absolute atomic E-state index is 0.0693. The highest BCUT2D eigenvalue weighted by atomic mass is 16.6. The Bertz CT molecular complexity index is 528. The number of aromatic amines is 1. The van der Waals surface area contributed by atoms with Gasteiger partial charge in [0.2, 0.25) is 5.69 Å². The van der Waals surface area contributed by atoms with Crippen LogP contribution in [0.5, 0.6) is 0 Å². The fourth-order valence-electron chi connectivity index (χ4n) is 2.69. The van der Waals surface area contributed by atoms with Gasteiger partial charge in [-0.2, -0.15) is 5.10 Å². The molecule has 1 atom stereocenters. The van der Waals surface area contributed by atoms with Crippen molar-refractivity contribution in [1.29, 1.82) is 0 Å². The highest BCUT2D eigenvalue weighted by Crippen LogP contribution is 2.24. The number of likely N-dealkylation sites (N-methyl/N-ethyl adjacent to an activating group) is 1. The topological polar surface area (TPSA) is 104 Å². The number of likely N-dealkylation sites (tertiary alicyclic amines) is 1. The molecule has 1 aliphatic heterocycles. The number of amides is 1. The van der Waals surface area contributed by atoms with Crippen molar-refractivity contribution in [2.45, 2.75) is 38.6 Å². The number of carbonyl (C=O) groups excluding carboxylic acids is 1. The highest BCUT2D eigenvalue weighted by molar-refractivity contribution is 5.96. The summed E-state index contributed by atoms with van der Waals surface area (Å²) in [5.41, 5.74) is 0.182. The van der Waals surface area contributed by atoms with Gasteiger partial charge >= 0.3 is 5.69 Å². The summed E-state index contributed by atoms with van der Waals surface area (Å²) in [7, 11) is 1.86. The Morgan fingerprint density at radius 2 is 2.38 bits per heavy atom. The van der Waals surface area contributed by atoms with Crippen molar-refractivity contribution in [3.63, 3.8) is 0 Å². The van der Waals surface area contributed by atoms with Gasteiger partial charge in [-0.25, -0.2) is 0 Å². The predicted octanol–water partition coefficient (Wildman–Crippen LogP) is 1.09. The second-order valence-corrected chi connectivity index (χ2v) is 5.29. The zero-order valence-corrected chi connectivity index (χ0v) is 12.4. The number of H-pyrrole nitrogens is 1. The lowest BCUT2D eigenvalue weighted by Crippen LogP contribution is -2.47. The summed E-state index contributed by atoms with van der Waals surface area (Å²) in [5.74, 6) is -0.361. The van der Waals surface area contributed by atoms with Gasteiger partial charge < -0.3 is 10.2 Å². The third-order valence-electron chi connectivity index (χ3n) is 3.81. The largest absolute Gasteiger partial charge is 0.335 e. The molecule has 8 heteroatoms. The smallest absolute Gasteiger partial charge is 0.322 e. The number of nitrogens with one attached hydrogen (secondary N) is 2. The van der Waals surface area contributed by atoms with Gasteiger partial charge in [0.25, 0.3) is 5.91 Å². The van der Waals surface area contributed by atoms with Crippen LogP contribution in [0.4, 0.5) is 5.69 Å². The molecule has 1 amide bonds. The van der Waals surface area contributed by atoms with Crippen molar-refractivity contribution in [2.75, 3.05) is 20.1 Å². The molecular weight excluding hydrogens is 274 g/mol. The number of carbonyl (C=O) groups is 1. The van der Waals surface area contributed by atoms with Crippen molar-refractivity contribution in [3.05, 3.63) is 21.5 Å². The maximum atomic E-state index is 12.5. The molecule has 2 N–H and O–H groups in total. The van der Waals surface area contributed by atoms with Crippen LogP contribution in [-0.4, -0.2) is 52.1 Å². The van der Waals surface area contributed by atoms with Crippen LogP contribution in [0.1, 0.15) is 42.4 Å². The van der Waals surface area contributed by atoms with Gasteiger partial charge in [0.15, 0.2) is 0 Å². The molecule has 2 heterocycles. The summed E-state index contributed by atoms with van der Waals surface area (Å²) in [6, 6.07) is 0.232. The predicted molar refractivity (Wildman–Crippen MR) is 77.2 cm³/mol. The minimum atomic E-state index is -0.513. The van der Waals surface area contributed by atoms with E-state index < -0.39 is 4.92 Å². The summed E-state index contributed by atoms with van der Waals surface area (Å²) in [6.45, 7) is 3.10. The molecule has 1 unspecified atom stereocenters. The van der Waals surface area contributed by atoms with Gasteiger partial charge in [0.05, 0.1) is 4.92 Å². The van der Waals surface area contributed by atoms with E-state index in [1.165, 1.54) is 0 Å². The van der Waals surface area contributed by atoms with Gasteiger partial charge in [-0.05, 0) is 26.3 Å². The average molecular weight is 295 g/mol. The van der Waals surface area contributed by atoms with E-state index in [9.17, 15) is 14.9 Å². The molecule has 0 spiro atoms. The Hall–Kier alpha value is -1.96. The van der Waals surface area contributed by atoms with E-state index in [2.05, 4.69) is 15.5 Å². The first-order chi connectivity index (χ1) is 10.1. The maximum Gasteiger partial charge on any atom is 0.322 e. The van der Waals surface area contributed by atoms with E-state index in [0.29, 0.717) is 25.2 Å². The van der Waals surface area contributed by atoms with Crippen molar-refractivity contribution in [3.8, 4) is 0 Å². The third-order valence-corrected chi connectivity index (χ3v) is 3.81. The van der Waals surface area contributed by atoms with E-state index >= 15 is 0 Å². The molecule has 0 saturated carbocycles. The molecule has 1 saturated heterocycles. The van der Waals surface area contributed by atoms with Crippen LogP contribution < -0.4 is 5.32 Å². The first kappa shape index (κ1) is 15.4. The van der Waals surface area contributed by atoms with Gasteiger partial charge in [0.1, 0.15) is 5.69 Å². The number of hydrogen-bond acceptors (Lipinski definition) is 5. The van der Waals surface area contributed by atoms with Gasteiger partial charge in [0, 0.05) is 19.1 Å². The highest BCUT2D eigenvalue weighted by Gasteiger charge is 2.33. The zero-order chi connectivity index (χ0) is 15.4. The van der Waals surface area contributed by atoms with Crippen LogP contribution in [-0.2, 0) is 6.42 Å². The van der Waals surface area contributed by atoms with Crippen LogP contribution in [0.15, 0.2) is 0 Å². The number of hydrogen-bond donors (Lipinski definition) is 2. The molecule has 1 aliphatic rings. The molecule has 1 aromatic rings. The molecule has 2 rings (SSSR count). The second-order valence-electron chi connectivity index (χ2n) is 5.29. The monoisotopic (exact) mass is 295 g/mol. The van der Waals surface area contributed by atoms with Gasteiger partial charge in [-0.15, -0.1) is 0 Å². The Morgan fingerprint density at radius 3 is 3.00 bits per heavy atom. The van der Waals surface area contributed by atoms with Crippen molar-refractivity contribution >= 4 is 11.6 Å². The average Bonchev–Trinajstić information content (AvgIpc) is 2.91. The Kier molecular flexibility index (Phi) is 4.89. The molecule has 0 radical (unpaired) electrons. The second kappa shape index (κ2) is 6.66. The number of rotatable bonds is 5. The molecular formula is C13H21N5O3. The fourth-order valence-corrected chi connectivity index (χ4v) is 2.69. The van der Waals surface area contributed by atoms with E-state index in [1.54, 1.807) is 4.90 Å². The summed E-state index contributed by atoms with van der Waals surface area (Å²) in [4.78, 5) is 24.9. The van der Waals surface area contributed by atoms with Crippen molar-refractivity contribution in [1.82, 2.24) is 20.4 Å². The third kappa shape index (κ3) is 3.21. The van der Waals surface area contributed by atoms with E-state index in [0.717, 1.165) is 19.3 Å². The Labute approximate surface area is 123 Å². The number of nitrogens with zero attached hydrogens (tertiary/aromatic N) is 3. The zero-order valence-electron chi connectivity index (χ0n) is 12.4. The van der Waals surface area contributed by atoms with Crippen molar-refractivity contribution in [2.24, 2.45) is 0 Å². The maximum absolute atomic E-state index is 12.5. The Morgan fingerprint density at radius 1 is 1.62 bits per heavy atom. The van der Waals surface area contributed by atoms with Crippen LogP contribution in [0.3, 0.4) is 0 Å². The summed E-state index contributed by atoms with van der Waals surface area (Å²) in [6.07, 6.45) is 3.15. The molecule has 116 valence electrons. The summed E-state index contributed by atoms with van der Waals surface area (Å²) in [5, 5.41) is 20.9. The summed E-state index contributed by atoms with van der Waals surface area (Å²) < 4.78 is 0. The van der Waals surface area contributed by atoms with Gasteiger partial charge in [-0.1, -0.05) is 13.3 Å². The van der Waals surface area contributed by atoms with Crippen LogP contribution in [0.25, 0.3) is 0 Å². The number of piperidine rings is 1. The standard InChI is InChI=1S/C13H21N5O3/c1-3-5-10-12(18(20)21)11(16-15-10)13(19)17-7-4-6-9(8-17)14-2/h9,14H,3-8H2,1-2H3,(H,15,16). The van der Waals surface area contributed by atoms with E-state index in [1.807, 2.05) is 14.0 Å². The molecule has 0 aromatic carbocycles. The van der Waals surface area contributed by atoms with Crippen molar-refractivity contribution < 1.29 is 9.72 Å². The first-order valence-electron chi connectivity index (χ1n) is 7.26. The molecule has 1 fully saturated rings. The van der Waals surface area contributed by atoms with Crippen LogP contribution in [0.2, 0.25) is 0 Å². The molecule has 0 aliphatic carbocycles. The molecule has 1 aromatic heterocycles. The van der Waals surface area contributed by atoms with E-state index in [-0.39, 0.29) is 23.3 Å². The first-order valence-corrected chi connectivity index (χ1v) is 7.26. The normalized spacial score (nSPS) is 18.8. The van der Waals surface area contributed by atoms with Crippen LogP contribution >= 0.6 is 0 Å². The quantitative estimate of drug-likeness (QED) is 0.625. The Balaban J connectivity index is 2.24. The lowest BCUT2D eigenvalue weighted by Gasteiger charge is -2.31. The SMILES string of the molecule is CCCc1[nH]nc(C(=O)N2CCCC(NC)C2)c1[N+](=O)[O-]. The molecule has 0 bridgehead atoms. The fraction of sp³-hybridized carbons (Fsp3) is 0.692. The number of nitro groups is 1. The van der Waals surface area contributed by atoms with Crippen LogP contribution in [0, 0.1) is 10.1 Å². The minimum Gasteiger partial charge on any atom is -0.335 e. The van der Waals surface area contributed by atoms with E-state index in [4.69, 9.17) is 0 Å². The molecule has 21 heavy (non-hydrogen) atoms. The lowest BCUT2D eigenvalue weighted by molar-refractivity contribution is -0.385. The van der Waals surface area contributed by atoms with Gasteiger partial charge in [-0.3, -0.25) is 20.0 Å². The lowest BCUT2D eigenvalue weighted by atomic mass is 10.1. The summed E-state index contributed by atoms with van der Waals surface area (Å²) >= 11 is 0.